The van der Waals surface area contributed by atoms with Crippen LogP contribution in [0.4, 0.5) is 0 Å². The minimum atomic E-state index is -0.100. The molecule has 0 spiro atoms. The number of ether oxygens (including phenoxy) is 2. The van der Waals surface area contributed by atoms with Crippen LogP contribution in [0.5, 0.6) is 0 Å². The quantitative estimate of drug-likeness (QED) is 0.382. The Morgan fingerprint density at radius 2 is 2.26 bits per heavy atom. The molecular formula is C16H28O3. The van der Waals surface area contributed by atoms with Crippen LogP contribution in [-0.4, -0.2) is 25.3 Å². The van der Waals surface area contributed by atoms with E-state index in [-0.39, 0.29) is 11.9 Å². The van der Waals surface area contributed by atoms with Crippen LogP contribution in [-0.2, 0) is 14.3 Å². The van der Waals surface area contributed by atoms with Crippen molar-refractivity contribution in [1.29, 1.82) is 0 Å². The number of unbranched alkanes of at least 4 members (excludes halogenated alkanes) is 1. The van der Waals surface area contributed by atoms with Crippen molar-refractivity contribution in [2.24, 2.45) is 11.8 Å². The molecule has 0 bridgehead atoms. The Hall–Kier alpha value is -0.830. The molecule has 1 heterocycles. The van der Waals surface area contributed by atoms with Gasteiger partial charge in [0, 0.05) is 0 Å². The van der Waals surface area contributed by atoms with Crippen LogP contribution in [0.25, 0.3) is 0 Å². The molecular weight excluding hydrogens is 240 g/mol. The van der Waals surface area contributed by atoms with Gasteiger partial charge in [0.25, 0.3) is 0 Å². The highest BCUT2D eigenvalue weighted by Gasteiger charge is 2.30. The molecule has 0 aliphatic carbocycles. The molecule has 1 fully saturated rings. The molecule has 0 aromatic heterocycles. The highest BCUT2D eigenvalue weighted by atomic mass is 16.5. The Morgan fingerprint density at radius 1 is 1.53 bits per heavy atom. The van der Waals surface area contributed by atoms with Gasteiger partial charge in [-0.15, -0.1) is 6.58 Å². The summed E-state index contributed by atoms with van der Waals surface area (Å²) in [6.07, 6.45) is 9.00. The first-order valence-electron chi connectivity index (χ1n) is 7.42. The summed E-state index contributed by atoms with van der Waals surface area (Å²) in [5.74, 6) is 0.556. The number of carbonyl (C=O) groups excluding carboxylic acids is 1. The van der Waals surface area contributed by atoms with Gasteiger partial charge in [0.1, 0.15) is 0 Å². The molecule has 110 valence electrons. The van der Waals surface area contributed by atoms with Crippen LogP contribution in [0.1, 0.15) is 52.4 Å². The van der Waals surface area contributed by atoms with Crippen LogP contribution < -0.4 is 0 Å². The van der Waals surface area contributed by atoms with E-state index in [0.717, 1.165) is 38.5 Å². The largest absolute Gasteiger partial charge is 0.469 e. The Bertz CT molecular complexity index is 288. The van der Waals surface area contributed by atoms with Gasteiger partial charge in [-0.05, 0) is 31.6 Å². The van der Waals surface area contributed by atoms with E-state index in [4.69, 9.17) is 9.47 Å². The Balaban J connectivity index is 2.16. The van der Waals surface area contributed by atoms with E-state index in [9.17, 15) is 4.79 Å². The first-order valence-corrected chi connectivity index (χ1v) is 7.42. The molecule has 1 saturated heterocycles. The number of rotatable bonds is 8. The third kappa shape index (κ3) is 5.35. The van der Waals surface area contributed by atoms with E-state index in [1.165, 1.54) is 7.11 Å². The molecule has 1 aliphatic rings. The number of methoxy groups -OCH3 is 1. The molecule has 0 unspecified atom stereocenters. The van der Waals surface area contributed by atoms with Crippen LogP contribution >= 0.6 is 0 Å². The number of esters is 1. The van der Waals surface area contributed by atoms with Gasteiger partial charge in [0.05, 0.1) is 25.2 Å². The zero-order chi connectivity index (χ0) is 14.3. The average Bonchev–Trinajstić information content (AvgIpc) is 2.74. The number of carbonyl (C=O) groups is 1. The predicted molar refractivity (Wildman–Crippen MR) is 76.9 cm³/mol. The van der Waals surface area contributed by atoms with Crippen molar-refractivity contribution in [3.05, 3.63) is 12.7 Å². The number of hydrogen-bond acceptors (Lipinski definition) is 3. The van der Waals surface area contributed by atoms with E-state index in [2.05, 4.69) is 13.5 Å². The van der Waals surface area contributed by atoms with Crippen molar-refractivity contribution in [2.45, 2.75) is 64.6 Å². The first-order chi connectivity index (χ1) is 9.08. The molecule has 1 aliphatic heterocycles. The molecule has 1 rings (SSSR count). The fourth-order valence-electron chi connectivity index (χ4n) is 2.81. The maximum absolute atomic E-state index is 11.3. The highest BCUT2D eigenvalue weighted by molar-refractivity contribution is 5.71. The van der Waals surface area contributed by atoms with Crippen molar-refractivity contribution in [3.63, 3.8) is 0 Å². The van der Waals surface area contributed by atoms with Crippen molar-refractivity contribution in [1.82, 2.24) is 0 Å². The minimum absolute atomic E-state index is 0.0143. The molecule has 0 saturated carbocycles. The van der Waals surface area contributed by atoms with Gasteiger partial charge in [0.15, 0.2) is 0 Å². The summed E-state index contributed by atoms with van der Waals surface area (Å²) in [7, 11) is 1.45. The fourth-order valence-corrected chi connectivity index (χ4v) is 2.81. The molecule has 19 heavy (non-hydrogen) atoms. The summed E-state index contributed by atoms with van der Waals surface area (Å²) in [6.45, 7) is 7.97. The second-order valence-electron chi connectivity index (χ2n) is 5.74. The van der Waals surface area contributed by atoms with Gasteiger partial charge < -0.3 is 9.47 Å². The monoisotopic (exact) mass is 268 g/mol. The molecule has 4 atom stereocenters. The molecule has 0 amide bonds. The van der Waals surface area contributed by atoms with Crippen LogP contribution in [0.2, 0.25) is 0 Å². The standard InChI is InChI=1S/C16H28O3/c1-5-8-14-11-13(3)15(19-14)10-7-6-9-12(2)16(17)18-4/h5,12-15H,1,6-11H2,2-4H3/t12-,13-,14-,15-/m0/s1. The van der Waals surface area contributed by atoms with Gasteiger partial charge in [-0.2, -0.15) is 0 Å². The molecule has 3 heteroatoms. The average molecular weight is 268 g/mol. The van der Waals surface area contributed by atoms with E-state index in [1.54, 1.807) is 0 Å². The topological polar surface area (TPSA) is 35.5 Å². The maximum Gasteiger partial charge on any atom is 0.308 e. The summed E-state index contributed by atoms with van der Waals surface area (Å²) in [6, 6.07) is 0. The van der Waals surface area contributed by atoms with Crippen molar-refractivity contribution in [2.75, 3.05) is 7.11 Å². The lowest BCUT2D eigenvalue weighted by Gasteiger charge is -2.15. The smallest absolute Gasteiger partial charge is 0.308 e. The first kappa shape index (κ1) is 16.2. The van der Waals surface area contributed by atoms with Crippen LogP contribution in [0.15, 0.2) is 12.7 Å². The summed E-state index contributed by atoms with van der Waals surface area (Å²) < 4.78 is 10.8. The SMILES string of the molecule is C=CC[C@H]1C[C@H](C)[C@H](CCCC[C@H](C)C(=O)OC)O1. The van der Waals surface area contributed by atoms with Crippen molar-refractivity contribution in [3.8, 4) is 0 Å². The molecule has 3 nitrogen and oxygen atoms in total. The molecule has 0 aromatic rings. The van der Waals surface area contributed by atoms with Crippen LogP contribution in [0, 0.1) is 11.8 Å². The van der Waals surface area contributed by atoms with E-state index in [1.807, 2.05) is 13.0 Å². The second-order valence-corrected chi connectivity index (χ2v) is 5.74. The Labute approximate surface area is 117 Å². The molecule has 0 aromatic carbocycles. The highest BCUT2D eigenvalue weighted by Crippen LogP contribution is 2.31. The van der Waals surface area contributed by atoms with Gasteiger partial charge in [-0.25, -0.2) is 0 Å². The lowest BCUT2D eigenvalue weighted by atomic mass is 9.95. The van der Waals surface area contributed by atoms with Crippen molar-refractivity contribution >= 4 is 5.97 Å². The Morgan fingerprint density at radius 3 is 2.89 bits per heavy atom. The minimum Gasteiger partial charge on any atom is -0.469 e. The number of hydrogen-bond donors (Lipinski definition) is 0. The predicted octanol–water partition coefficient (Wildman–Crippen LogP) is 3.73. The molecule has 0 N–H and O–H groups in total. The third-order valence-electron chi connectivity index (χ3n) is 4.05. The summed E-state index contributed by atoms with van der Waals surface area (Å²) >= 11 is 0. The van der Waals surface area contributed by atoms with Gasteiger partial charge in [-0.3, -0.25) is 4.79 Å². The van der Waals surface area contributed by atoms with Gasteiger partial charge >= 0.3 is 5.97 Å². The normalized spacial score (nSPS) is 28.1. The van der Waals surface area contributed by atoms with Gasteiger partial charge in [-0.1, -0.05) is 32.8 Å². The van der Waals surface area contributed by atoms with E-state index < -0.39 is 0 Å². The third-order valence-corrected chi connectivity index (χ3v) is 4.05. The lowest BCUT2D eigenvalue weighted by Crippen LogP contribution is -2.15. The van der Waals surface area contributed by atoms with Crippen molar-refractivity contribution < 1.29 is 14.3 Å². The maximum atomic E-state index is 11.3. The second kappa shape index (κ2) is 8.36. The lowest BCUT2D eigenvalue weighted by molar-refractivity contribution is -0.145. The fraction of sp³-hybridized carbons (Fsp3) is 0.812. The van der Waals surface area contributed by atoms with Gasteiger partial charge in [0.2, 0.25) is 0 Å². The summed E-state index contributed by atoms with van der Waals surface area (Å²) in [5, 5.41) is 0. The van der Waals surface area contributed by atoms with E-state index >= 15 is 0 Å². The van der Waals surface area contributed by atoms with Crippen LogP contribution in [0.3, 0.4) is 0 Å². The Kier molecular flexibility index (Phi) is 7.14. The van der Waals surface area contributed by atoms with E-state index in [0.29, 0.717) is 18.1 Å². The summed E-state index contributed by atoms with van der Waals surface area (Å²) in [5.41, 5.74) is 0. The zero-order valence-corrected chi connectivity index (χ0v) is 12.6. The molecule has 0 radical (unpaired) electrons. The zero-order valence-electron chi connectivity index (χ0n) is 12.6. The summed E-state index contributed by atoms with van der Waals surface area (Å²) in [4.78, 5) is 11.3.